The highest BCUT2D eigenvalue weighted by atomic mass is 19.1. The summed E-state index contributed by atoms with van der Waals surface area (Å²) in [5.74, 6) is -0.259. The van der Waals surface area contributed by atoms with E-state index in [-0.39, 0.29) is 29.5 Å². The first-order valence-electron chi connectivity index (χ1n) is 9.87. The molecule has 0 aliphatic heterocycles. The van der Waals surface area contributed by atoms with E-state index >= 15 is 0 Å². The van der Waals surface area contributed by atoms with Crippen LogP contribution in [0.25, 0.3) is 0 Å². The van der Waals surface area contributed by atoms with Crippen molar-refractivity contribution >= 4 is 11.8 Å². The molecule has 4 bridgehead atoms. The van der Waals surface area contributed by atoms with Crippen LogP contribution in [0.15, 0.2) is 18.2 Å². The van der Waals surface area contributed by atoms with Crippen LogP contribution in [0.3, 0.4) is 0 Å². The highest BCUT2D eigenvalue weighted by Gasteiger charge is 2.53. The Labute approximate surface area is 158 Å². The van der Waals surface area contributed by atoms with Gasteiger partial charge < -0.3 is 10.6 Å². The lowest BCUT2D eigenvalue weighted by Crippen LogP contribution is -2.56. The van der Waals surface area contributed by atoms with E-state index in [2.05, 4.69) is 17.6 Å². The molecule has 0 radical (unpaired) electrons. The van der Waals surface area contributed by atoms with Gasteiger partial charge in [-0.3, -0.25) is 9.59 Å². The van der Waals surface area contributed by atoms with E-state index in [9.17, 15) is 18.4 Å². The Kier molecular flexibility index (Phi) is 4.68. The third-order valence-corrected chi connectivity index (χ3v) is 6.97. The molecule has 2 amide bonds. The van der Waals surface area contributed by atoms with Crippen molar-refractivity contribution in [3.8, 4) is 0 Å². The molecule has 4 nitrogen and oxygen atoms in total. The zero-order chi connectivity index (χ0) is 19.2. The standard InChI is InChI=1S/C21H26F2N2O2/c1-12(21-8-13-4-14(9-21)6-15(5-13)10-21)25-19(26)11-24-20(27)17-3-2-16(22)7-18(17)23/h2-3,7,12-15H,4-6,8-11H2,1H3,(H,24,27)(H,25,26). The van der Waals surface area contributed by atoms with E-state index in [4.69, 9.17) is 0 Å². The first-order chi connectivity index (χ1) is 12.8. The van der Waals surface area contributed by atoms with Gasteiger partial charge in [0.05, 0.1) is 12.1 Å². The number of rotatable bonds is 5. The Morgan fingerprint density at radius 3 is 2.26 bits per heavy atom. The molecule has 1 aromatic carbocycles. The van der Waals surface area contributed by atoms with E-state index in [1.807, 2.05) is 0 Å². The topological polar surface area (TPSA) is 58.2 Å². The van der Waals surface area contributed by atoms with Crippen LogP contribution >= 0.6 is 0 Å². The summed E-state index contributed by atoms with van der Waals surface area (Å²) < 4.78 is 26.6. The number of halogens is 2. The molecular weight excluding hydrogens is 350 g/mol. The van der Waals surface area contributed by atoms with Gasteiger partial charge in [0.15, 0.2) is 0 Å². The molecule has 146 valence electrons. The van der Waals surface area contributed by atoms with E-state index in [0.717, 1.165) is 29.9 Å². The molecular formula is C21H26F2N2O2. The van der Waals surface area contributed by atoms with Crippen LogP contribution in [0.2, 0.25) is 0 Å². The molecule has 0 heterocycles. The van der Waals surface area contributed by atoms with E-state index in [1.165, 1.54) is 38.5 Å². The highest BCUT2D eigenvalue weighted by molar-refractivity contribution is 5.96. The Bertz CT molecular complexity index is 729. The summed E-state index contributed by atoms with van der Waals surface area (Å²) in [7, 11) is 0. The molecule has 1 unspecified atom stereocenters. The number of benzene rings is 1. The molecule has 4 saturated carbocycles. The maximum absolute atomic E-state index is 13.7. The first-order valence-corrected chi connectivity index (χ1v) is 9.87. The van der Waals surface area contributed by atoms with Crippen molar-refractivity contribution in [3.63, 3.8) is 0 Å². The second-order valence-corrected chi connectivity index (χ2v) is 8.88. The van der Waals surface area contributed by atoms with Gasteiger partial charge in [0.1, 0.15) is 11.6 Å². The quantitative estimate of drug-likeness (QED) is 0.827. The summed E-state index contributed by atoms with van der Waals surface area (Å²) in [6.45, 7) is 1.86. The van der Waals surface area contributed by atoms with E-state index in [0.29, 0.717) is 6.07 Å². The summed E-state index contributed by atoms with van der Waals surface area (Å²) in [6.07, 6.45) is 7.60. The molecule has 4 aliphatic rings. The minimum atomic E-state index is -0.935. The van der Waals surface area contributed by atoms with Crippen molar-refractivity contribution in [1.29, 1.82) is 0 Å². The predicted molar refractivity (Wildman–Crippen MR) is 96.9 cm³/mol. The van der Waals surface area contributed by atoms with Gasteiger partial charge in [-0.1, -0.05) is 0 Å². The number of carbonyl (C=O) groups excluding carboxylic acids is 2. The van der Waals surface area contributed by atoms with Crippen LogP contribution in [0.1, 0.15) is 55.8 Å². The molecule has 27 heavy (non-hydrogen) atoms. The molecule has 1 aromatic rings. The summed E-state index contributed by atoms with van der Waals surface area (Å²) in [5, 5.41) is 5.48. The molecule has 0 spiro atoms. The van der Waals surface area contributed by atoms with E-state index in [1.54, 1.807) is 0 Å². The maximum Gasteiger partial charge on any atom is 0.254 e. The Morgan fingerprint density at radius 1 is 1.11 bits per heavy atom. The molecule has 1 atom stereocenters. The van der Waals surface area contributed by atoms with Gasteiger partial charge in [-0.15, -0.1) is 0 Å². The predicted octanol–water partition coefficient (Wildman–Crippen LogP) is 3.42. The van der Waals surface area contributed by atoms with Crippen LogP contribution in [0, 0.1) is 34.8 Å². The number of amides is 2. The van der Waals surface area contributed by atoms with Crippen molar-refractivity contribution in [2.45, 2.75) is 51.5 Å². The normalized spacial score (nSPS) is 32.2. The molecule has 6 heteroatoms. The van der Waals surface area contributed by atoms with Crippen molar-refractivity contribution in [2.24, 2.45) is 23.2 Å². The third kappa shape index (κ3) is 3.58. The number of carbonyl (C=O) groups is 2. The zero-order valence-electron chi connectivity index (χ0n) is 15.6. The minimum Gasteiger partial charge on any atom is -0.352 e. The van der Waals surface area contributed by atoms with Crippen LogP contribution in [-0.2, 0) is 4.79 Å². The van der Waals surface area contributed by atoms with Crippen LogP contribution in [0.5, 0.6) is 0 Å². The zero-order valence-corrected chi connectivity index (χ0v) is 15.6. The SMILES string of the molecule is CC(NC(=O)CNC(=O)c1ccc(F)cc1F)C12CC3CC(CC(C3)C1)C2. The van der Waals surface area contributed by atoms with Crippen molar-refractivity contribution < 1.29 is 18.4 Å². The van der Waals surface area contributed by atoms with Gasteiger partial charge in [-0.25, -0.2) is 8.78 Å². The minimum absolute atomic E-state index is 0.0675. The van der Waals surface area contributed by atoms with Gasteiger partial charge in [0.2, 0.25) is 5.91 Å². The van der Waals surface area contributed by atoms with Gasteiger partial charge in [0.25, 0.3) is 5.91 Å². The summed E-state index contributed by atoms with van der Waals surface area (Å²) in [5.41, 5.74) is -0.0735. The Balaban J connectivity index is 1.32. The average Bonchev–Trinajstić information content (AvgIpc) is 2.58. The number of hydrogen-bond acceptors (Lipinski definition) is 2. The van der Waals surface area contributed by atoms with Crippen LogP contribution in [0.4, 0.5) is 8.78 Å². The second-order valence-electron chi connectivity index (χ2n) is 8.88. The molecule has 2 N–H and O–H groups in total. The van der Waals surface area contributed by atoms with Crippen LogP contribution < -0.4 is 10.6 Å². The van der Waals surface area contributed by atoms with Crippen LogP contribution in [-0.4, -0.2) is 24.4 Å². The first kappa shape index (κ1) is 18.4. The van der Waals surface area contributed by atoms with Gasteiger partial charge in [-0.05, 0) is 80.8 Å². The van der Waals surface area contributed by atoms with Crippen molar-refractivity contribution in [2.75, 3.05) is 6.54 Å². The lowest BCUT2D eigenvalue weighted by Gasteiger charge is -2.59. The fourth-order valence-electron chi connectivity index (χ4n) is 6.08. The fourth-order valence-corrected chi connectivity index (χ4v) is 6.08. The smallest absolute Gasteiger partial charge is 0.254 e. The molecule has 4 aliphatic carbocycles. The molecule has 4 fully saturated rings. The lowest BCUT2D eigenvalue weighted by molar-refractivity contribution is -0.124. The van der Waals surface area contributed by atoms with E-state index < -0.39 is 17.5 Å². The number of hydrogen-bond donors (Lipinski definition) is 2. The van der Waals surface area contributed by atoms with Crippen molar-refractivity contribution in [1.82, 2.24) is 10.6 Å². The van der Waals surface area contributed by atoms with Gasteiger partial charge >= 0.3 is 0 Å². The lowest BCUT2D eigenvalue weighted by atomic mass is 9.48. The van der Waals surface area contributed by atoms with Gasteiger partial charge in [0, 0.05) is 12.1 Å². The molecule has 0 saturated heterocycles. The third-order valence-electron chi connectivity index (χ3n) is 6.97. The largest absolute Gasteiger partial charge is 0.352 e. The highest BCUT2D eigenvalue weighted by Crippen LogP contribution is 2.61. The summed E-state index contributed by atoms with van der Waals surface area (Å²) in [6, 6.07) is 2.82. The Hall–Kier alpha value is -1.98. The number of nitrogens with one attached hydrogen (secondary N) is 2. The maximum atomic E-state index is 13.7. The fraction of sp³-hybridized carbons (Fsp3) is 0.619. The van der Waals surface area contributed by atoms with Crippen molar-refractivity contribution in [3.05, 3.63) is 35.4 Å². The second kappa shape index (κ2) is 6.88. The average molecular weight is 376 g/mol. The summed E-state index contributed by atoms with van der Waals surface area (Å²) in [4.78, 5) is 24.4. The molecule has 0 aromatic heterocycles. The summed E-state index contributed by atoms with van der Waals surface area (Å²) >= 11 is 0. The Morgan fingerprint density at radius 2 is 1.70 bits per heavy atom. The monoisotopic (exact) mass is 376 g/mol. The van der Waals surface area contributed by atoms with Gasteiger partial charge in [-0.2, -0.15) is 0 Å². The molecule has 5 rings (SSSR count).